The van der Waals surface area contributed by atoms with Crippen LogP contribution in [0, 0.1) is 6.92 Å². The lowest BCUT2D eigenvalue weighted by Crippen LogP contribution is -2.46. The number of carboxylic acid groups (broad SMARTS) is 1. The highest BCUT2D eigenvalue weighted by molar-refractivity contribution is 5.74. The number of carboxylic acids is 1. The Labute approximate surface area is 115 Å². The molecule has 2 amide bonds. The first-order chi connectivity index (χ1) is 9.28. The molecule has 112 valence electrons. The maximum Gasteiger partial charge on any atom is 0.314 e. The van der Waals surface area contributed by atoms with Gasteiger partial charge in [-0.2, -0.15) is 4.98 Å². The number of nitrogens with one attached hydrogen (secondary N) is 2. The van der Waals surface area contributed by atoms with Crippen molar-refractivity contribution in [2.45, 2.75) is 32.3 Å². The smallest absolute Gasteiger partial charge is 0.314 e. The van der Waals surface area contributed by atoms with Gasteiger partial charge in [-0.05, 0) is 13.8 Å². The van der Waals surface area contributed by atoms with Crippen molar-refractivity contribution in [3.05, 3.63) is 11.7 Å². The van der Waals surface area contributed by atoms with Crippen LogP contribution in [0.25, 0.3) is 0 Å². The zero-order valence-electron chi connectivity index (χ0n) is 11.3. The third-order valence-corrected chi connectivity index (χ3v) is 2.36. The van der Waals surface area contributed by atoms with E-state index in [1.54, 1.807) is 6.92 Å². The summed E-state index contributed by atoms with van der Waals surface area (Å²) >= 11 is 0. The summed E-state index contributed by atoms with van der Waals surface area (Å²) in [6.45, 7) is 3.15. The zero-order chi connectivity index (χ0) is 15.2. The first-order valence-electron chi connectivity index (χ1n) is 6.03. The monoisotopic (exact) mass is 286 g/mol. The lowest BCUT2D eigenvalue weighted by Gasteiger charge is -2.21. The molecule has 0 aromatic carbocycles. The molecule has 1 atom stereocenters. The Hall–Kier alpha value is -2.16. The van der Waals surface area contributed by atoms with Crippen LogP contribution in [0.15, 0.2) is 4.52 Å². The van der Waals surface area contributed by atoms with Crippen molar-refractivity contribution < 1.29 is 24.3 Å². The number of urea groups is 1. The van der Waals surface area contributed by atoms with Crippen LogP contribution in [0.5, 0.6) is 0 Å². The highest BCUT2D eigenvalue weighted by atomic mass is 16.5. The fraction of sp³-hybridized carbons (Fsp3) is 0.636. The number of nitrogens with zero attached hydrogens (tertiary/aromatic N) is 2. The highest BCUT2D eigenvalue weighted by Gasteiger charge is 2.24. The van der Waals surface area contributed by atoms with Crippen LogP contribution in [0.3, 0.4) is 0 Å². The Morgan fingerprint density at radius 2 is 2.10 bits per heavy atom. The molecule has 0 fully saturated rings. The van der Waals surface area contributed by atoms with Gasteiger partial charge in [-0.1, -0.05) is 5.16 Å². The first kappa shape index (κ1) is 15.9. The van der Waals surface area contributed by atoms with E-state index in [1.165, 1.54) is 6.92 Å². The van der Waals surface area contributed by atoms with Gasteiger partial charge in [0.2, 0.25) is 5.89 Å². The largest absolute Gasteiger partial charge is 0.481 e. The topological polar surface area (TPSA) is 138 Å². The molecule has 9 heteroatoms. The molecule has 0 aliphatic heterocycles. The summed E-state index contributed by atoms with van der Waals surface area (Å²) in [7, 11) is 0. The number of carbonyl (C=O) groups is 2. The van der Waals surface area contributed by atoms with Crippen LogP contribution >= 0.6 is 0 Å². The predicted octanol–water partition coefficient (Wildman–Crippen LogP) is -0.555. The normalized spacial score (nSPS) is 13.6. The Balaban J connectivity index is 2.22. The lowest BCUT2D eigenvalue weighted by molar-refractivity contribution is -0.141. The number of amides is 2. The first-order valence-corrected chi connectivity index (χ1v) is 6.03. The summed E-state index contributed by atoms with van der Waals surface area (Å²) in [4.78, 5) is 25.9. The van der Waals surface area contributed by atoms with Gasteiger partial charge >= 0.3 is 12.0 Å². The van der Waals surface area contributed by atoms with Gasteiger partial charge in [-0.25, -0.2) is 4.79 Å². The molecule has 20 heavy (non-hydrogen) atoms. The Kier molecular flexibility index (Phi) is 5.44. The maximum atomic E-state index is 11.4. The molecule has 0 aliphatic carbocycles. The number of aromatic nitrogens is 2. The number of aliphatic hydroxyl groups is 1. The molecule has 1 aromatic rings. The van der Waals surface area contributed by atoms with Crippen LogP contribution in [-0.4, -0.2) is 51.0 Å². The van der Waals surface area contributed by atoms with E-state index >= 15 is 0 Å². The lowest BCUT2D eigenvalue weighted by atomic mass is 10.0. The number of hydrogen-bond donors (Lipinski definition) is 4. The van der Waals surface area contributed by atoms with Crippen molar-refractivity contribution >= 4 is 12.0 Å². The van der Waals surface area contributed by atoms with Gasteiger partial charge in [0, 0.05) is 19.5 Å². The summed E-state index contributed by atoms with van der Waals surface area (Å²) in [5.74, 6) is -0.196. The molecular weight excluding hydrogens is 268 g/mol. The third-order valence-electron chi connectivity index (χ3n) is 2.36. The molecule has 4 N–H and O–H groups in total. The van der Waals surface area contributed by atoms with Crippen LogP contribution in [-0.2, 0) is 11.2 Å². The molecule has 0 saturated carbocycles. The molecule has 1 heterocycles. The summed E-state index contributed by atoms with van der Waals surface area (Å²) in [6.07, 6.45) is -0.0612. The average Bonchev–Trinajstić information content (AvgIpc) is 2.71. The number of carbonyl (C=O) groups excluding carboxylic acids is 1. The zero-order valence-corrected chi connectivity index (χ0v) is 11.3. The molecule has 0 aliphatic rings. The molecule has 1 aromatic heterocycles. The van der Waals surface area contributed by atoms with Crippen LogP contribution in [0.4, 0.5) is 4.79 Å². The van der Waals surface area contributed by atoms with E-state index in [9.17, 15) is 14.7 Å². The molecule has 1 rings (SSSR count). The van der Waals surface area contributed by atoms with E-state index in [-0.39, 0.29) is 13.1 Å². The van der Waals surface area contributed by atoms with Crippen LogP contribution < -0.4 is 10.6 Å². The van der Waals surface area contributed by atoms with Gasteiger partial charge in [0.25, 0.3) is 0 Å². The second kappa shape index (κ2) is 6.85. The minimum absolute atomic E-state index is 0.162. The number of aliphatic carboxylic acids is 1. The summed E-state index contributed by atoms with van der Waals surface area (Å²) in [6, 6.07) is -0.507. The second-order valence-corrected chi connectivity index (χ2v) is 4.66. The van der Waals surface area contributed by atoms with Crippen molar-refractivity contribution in [1.29, 1.82) is 0 Å². The summed E-state index contributed by atoms with van der Waals surface area (Å²) < 4.78 is 4.87. The molecule has 0 spiro atoms. The van der Waals surface area contributed by atoms with Gasteiger partial charge in [0.1, 0.15) is 0 Å². The van der Waals surface area contributed by atoms with Gasteiger partial charge in [0.15, 0.2) is 5.82 Å². The fourth-order valence-electron chi connectivity index (χ4n) is 1.45. The quantitative estimate of drug-likeness (QED) is 0.527. The Morgan fingerprint density at radius 3 is 2.65 bits per heavy atom. The second-order valence-electron chi connectivity index (χ2n) is 4.66. The molecule has 0 radical (unpaired) electrons. The fourth-order valence-corrected chi connectivity index (χ4v) is 1.45. The van der Waals surface area contributed by atoms with Gasteiger partial charge < -0.3 is 25.4 Å². The van der Waals surface area contributed by atoms with Gasteiger partial charge in [-0.15, -0.1) is 0 Å². The van der Waals surface area contributed by atoms with Crippen molar-refractivity contribution in [3.63, 3.8) is 0 Å². The number of hydrogen-bond acceptors (Lipinski definition) is 6. The van der Waals surface area contributed by atoms with Gasteiger partial charge in [-0.3, -0.25) is 4.79 Å². The van der Waals surface area contributed by atoms with Crippen molar-refractivity contribution in [1.82, 2.24) is 20.8 Å². The summed E-state index contributed by atoms with van der Waals surface area (Å²) in [5.41, 5.74) is -1.49. The highest BCUT2D eigenvalue weighted by Crippen LogP contribution is 2.07. The standard InChI is InChI=1S/C11H18N4O5/c1-7-14-8(20-15-7)3-4-12-10(18)13-6-11(2,19)5-9(16)17/h19H,3-6H2,1-2H3,(H,16,17)(H2,12,13,18). The van der Waals surface area contributed by atoms with Crippen molar-refractivity contribution in [3.8, 4) is 0 Å². The van der Waals surface area contributed by atoms with E-state index in [0.29, 0.717) is 18.1 Å². The van der Waals surface area contributed by atoms with E-state index in [2.05, 4.69) is 20.8 Å². The van der Waals surface area contributed by atoms with Crippen LogP contribution in [0.1, 0.15) is 25.1 Å². The van der Waals surface area contributed by atoms with E-state index in [1.807, 2.05) is 0 Å². The average molecular weight is 286 g/mol. The molecule has 0 saturated heterocycles. The maximum absolute atomic E-state index is 11.4. The van der Waals surface area contributed by atoms with Gasteiger partial charge in [0.05, 0.1) is 12.0 Å². The third kappa shape index (κ3) is 6.14. The molecule has 1 unspecified atom stereocenters. The van der Waals surface area contributed by atoms with E-state index in [0.717, 1.165) is 0 Å². The van der Waals surface area contributed by atoms with E-state index < -0.39 is 24.0 Å². The molecule has 0 bridgehead atoms. The Bertz CT molecular complexity index is 471. The van der Waals surface area contributed by atoms with Crippen molar-refractivity contribution in [2.24, 2.45) is 0 Å². The van der Waals surface area contributed by atoms with Crippen molar-refractivity contribution in [2.75, 3.05) is 13.1 Å². The number of aryl methyl sites for hydroxylation is 1. The van der Waals surface area contributed by atoms with E-state index in [4.69, 9.17) is 9.63 Å². The Morgan fingerprint density at radius 1 is 1.40 bits per heavy atom. The molecular formula is C11H18N4O5. The summed E-state index contributed by atoms with van der Waals surface area (Å²) in [5, 5.41) is 26.8. The minimum Gasteiger partial charge on any atom is -0.481 e. The predicted molar refractivity (Wildman–Crippen MR) is 67.0 cm³/mol. The van der Waals surface area contributed by atoms with Crippen LogP contribution in [0.2, 0.25) is 0 Å². The minimum atomic E-state index is -1.49. The SMILES string of the molecule is Cc1noc(CCNC(=O)NCC(C)(O)CC(=O)O)n1. The number of rotatable bonds is 7. The molecule has 9 nitrogen and oxygen atoms in total.